The zero-order chi connectivity index (χ0) is 15.2. The van der Waals surface area contributed by atoms with Crippen molar-refractivity contribution in [2.24, 2.45) is 0 Å². The largest absolute Gasteiger partial charge is 0.481 e. The summed E-state index contributed by atoms with van der Waals surface area (Å²) in [6, 6.07) is 5.13. The molecule has 0 spiro atoms. The van der Waals surface area contributed by atoms with Gasteiger partial charge in [0.2, 0.25) is 0 Å². The van der Waals surface area contributed by atoms with Crippen LogP contribution in [-0.4, -0.2) is 25.6 Å². The second kappa shape index (κ2) is 7.41. The smallest absolute Gasteiger partial charge is 0.258 e. The third kappa shape index (κ3) is 4.43. The Morgan fingerprint density at radius 3 is 2.76 bits per heavy atom. The fourth-order valence-corrected chi connectivity index (χ4v) is 2.55. The van der Waals surface area contributed by atoms with Crippen LogP contribution in [0.1, 0.15) is 44.2 Å². The van der Waals surface area contributed by atoms with Gasteiger partial charge in [0.25, 0.3) is 5.91 Å². The summed E-state index contributed by atoms with van der Waals surface area (Å²) in [5.41, 5.74) is 0.845. The molecule has 1 aromatic carbocycles. The Labute approximate surface area is 125 Å². The molecule has 1 aliphatic carbocycles. The standard InChI is InChI=1S/C16H23FN2O2/c1-11(18-2)12-7-8-15(14(17)9-12)21-10-16(20)19-13-5-3-4-6-13/h7-9,11,13,18H,3-6,10H2,1-2H3,(H,19,20). The molecule has 1 amide bonds. The lowest BCUT2D eigenvalue weighted by atomic mass is 10.1. The minimum absolute atomic E-state index is 0.0687. The lowest BCUT2D eigenvalue weighted by Crippen LogP contribution is -2.36. The van der Waals surface area contributed by atoms with Crippen molar-refractivity contribution < 1.29 is 13.9 Å². The molecule has 1 aliphatic rings. The van der Waals surface area contributed by atoms with Gasteiger partial charge in [0.1, 0.15) is 0 Å². The second-order valence-electron chi connectivity index (χ2n) is 5.54. The third-order valence-corrected chi connectivity index (χ3v) is 3.97. The van der Waals surface area contributed by atoms with Gasteiger partial charge < -0.3 is 15.4 Å². The van der Waals surface area contributed by atoms with Crippen molar-refractivity contribution in [1.29, 1.82) is 0 Å². The van der Waals surface area contributed by atoms with Crippen LogP contribution in [0.15, 0.2) is 18.2 Å². The number of hydrogen-bond donors (Lipinski definition) is 2. The van der Waals surface area contributed by atoms with Crippen LogP contribution in [0.2, 0.25) is 0 Å². The summed E-state index contributed by atoms with van der Waals surface area (Å²) < 4.78 is 19.2. The van der Waals surface area contributed by atoms with Crippen LogP contribution in [0.4, 0.5) is 4.39 Å². The van der Waals surface area contributed by atoms with Gasteiger partial charge in [-0.15, -0.1) is 0 Å². The van der Waals surface area contributed by atoms with Crippen molar-refractivity contribution >= 4 is 5.91 Å². The van der Waals surface area contributed by atoms with Gasteiger partial charge in [-0.25, -0.2) is 4.39 Å². The fraction of sp³-hybridized carbons (Fsp3) is 0.562. The van der Waals surface area contributed by atoms with E-state index in [9.17, 15) is 9.18 Å². The molecule has 1 unspecified atom stereocenters. The number of halogens is 1. The first kappa shape index (κ1) is 15.8. The molecule has 1 atom stereocenters. The summed E-state index contributed by atoms with van der Waals surface area (Å²) in [5, 5.41) is 5.96. The second-order valence-corrected chi connectivity index (χ2v) is 5.54. The van der Waals surface area contributed by atoms with Gasteiger partial charge in [-0.3, -0.25) is 4.79 Å². The molecule has 0 aromatic heterocycles. The first-order valence-corrected chi connectivity index (χ1v) is 7.49. The Balaban J connectivity index is 1.86. The number of carbonyl (C=O) groups excluding carboxylic acids is 1. The summed E-state index contributed by atoms with van der Waals surface area (Å²) >= 11 is 0. The predicted molar refractivity (Wildman–Crippen MR) is 79.8 cm³/mol. The predicted octanol–water partition coefficient (Wildman–Crippen LogP) is 2.54. The minimum Gasteiger partial charge on any atom is -0.481 e. The van der Waals surface area contributed by atoms with E-state index in [0.717, 1.165) is 31.2 Å². The van der Waals surface area contributed by atoms with Crippen molar-refractivity contribution in [2.75, 3.05) is 13.7 Å². The lowest BCUT2D eigenvalue weighted by molar-refractivity contribution is -0.123. The van der Waals surface area contributed by atoms with Gasteiger partial charge >= 0.3 is 0 Å². The molecule has 0 bridgehead atoms. The van der Waals surface area contributed by atoms with Crippen molar-refractivity contribution in [2.45, 2.75) is 44.7 Å². The zero-order valence-corrected chi connectivity index (χ0v) is 12.6. The number of nitrogens with one attached hydrogen (secondary N) is 2. The molecule has 0 saturated heterocycles. The van der Waals surface area contributed by atoms with Crippen molar-refractivity contribution in [3.05, 3.63) is 29.6 Å². The maximum Gasteiger partial charge on any atom is 0.258 e. The Kier molecular flexibility index (Phi) is 5.56. The van der Waals surface area contributed by atoms with Crippen LogP contribution in [-0.2, 0) is 4.79 Å². The molecule has 5 heteroatoms. The SMILES string of the molecule is CNC(C)c1ccc(OCC(=O)NC2CCCC2)c(F)c1. The highest BCUT2D eigenvalue weighted by Crippen LogP contribution is 2.22. The van der Waals surface area contributed by atoms with E-state index in [1.807, 2.05) is 14.0 Å². The van der Waals surface area contributed by atoms with E-state index in [1.54, 1.807) is 12.1 Å². The van der Waals surface area contributed by atoms with Crippen LogP contribution in [0, 0.1) is 5.82 Å². The molecule has 4 nitrogen and oxygen atoms in total. The van der Waals surface area contributed by atoms with E-state index >= 15 is 0 Å². The topological polar surface area (TPSA) is 50.4 Å². The van der Waals surface area contributed by atoms with Gasteiger partial charge in [-0.1, -0.05) is 18.9 Å². The number of hydrogen-bond acceptors (Lipinski definition) is 3. The van der Waals surface area contributed by atoms with Gasteiger partial charge in [-0.05, 0) is 44.5 Å². The number of ether oxygens (including phenoxy) is 1. The summed E-state index contributed by atoms with van der Waals surface area (Å²) in [4.78, 5) is 11.7. The molecule has 21 heavy (non-hydrogen) atoms. The fourth-order valence-electron chi connectivity index (χ4n) is 2.55. The van der Waals surface area contributed by atoms with Crippen molar-refractivity contribution in [3.8, 4) is 5.75 Å². The third-order valence-electron chi connectivity index (χ3n) is 3.97. The van der Waals surface area contributed by atoms with Crippen molar-refractivity contribution in [1.82, 2.24) is 10.6 Å². The Hall–Kier alpha value is -1.62. The molecule has 0 heterocycles. The lowest BCUT2D eigenvalue weighted by Gasteiger charge is -2.14. The molecule has 1 aromatic rings. The molecular weight excluding hydrogens is 271 g/mol. The van der Waals surface area contributed by atoms with Crippen molar-refractivity contribution in [3.63, 3.8) is 0 Å². The highest BCUT2D eigenvalue weighted by molar-refractivity contribution is 5.77. The number of carbonyl (C=O) groups is 1. The van der Waals surface area contributed by atoms with Gasteiger partial charge in [0.05, 0.1) is 0 Å². The van der Waals surface area contributed by atoms with Gasteiger partial charge in [-0.2, -0.15) is 0 Å². The average Bonchev–Trinajstić information content (AvgIpc) is 2.98. The summed E-state index contributed by atoms with van der Waals surface area (Å²) in [5.74, 6) is -0.513. The zero-order valence-electron chi connectivity index (χ0n) is 12.6. The molecule has 2 rings (SSSR count). The maximum atomic E-state index is 13.9. The first-order valence-electron chi connectivity index (χ1n) is 7.49. The number of amides is 1. The molecule has 116 valence electrons. The van der Waals surface area contributed by atoms with E-state index in [2.05, 4.69) is 10.6 Å². The average molecular weight is 294 g/mol. The molecule has 1 fully saturated rings. The van der Waals surface area contributed by atoms with Crippen LogP contribution >= 0.6 is 0 Å². The maximum absolute atomic E-state index is 13.9. The van der Waals surface area contributed by atoms with E-state index in [1.165, 1.54) is 6.07 Å². The van der Waals surface area contributed by atoms with E-state index in [0.29, 0.717) is 0 Å². The quantitative estimate of drug-likeness (QED) is 0.847. The first-order chi connectivity index (χ1) is 10.1. The summed E-state index contributed by atoms with van der Waals surface area (Å²) in [6.07, 6.45) is 4.37. The van der Waals surface area contributed by atoms with Crippen LogP contribution in [0.3, 0.4) is 0 Å². The van der Waals surface area contributed by atoms with Crippen LogP contribution in [0.5, 0.6) is 5.75 Å². The number of rotatable bonds is 6. The number of benzene rings is 1. The van der Waals surface area contributed by atoms with Gasteiger partial charge in [0.15, 0.2) is 18.2 Å². The molecular formula is C16H23FN2O2. The Bertz CT molecular complexity index is 487. The molecule has 1 saturated carbocycles. The molecule has 0 aliphatic heterocycles. The highest BCUT2D eigenvalue weighted by Gasteiger charge is 2.17. The molecule has 2 N–H and O–H groups in total. The Morgan fingerprint density at radius 1 is 1.43 bits per heavy atom. The summed E-state index contributed by atoms with van der Waals surface area (Å²) in [6.45, 7) is 1.80. The highest BCUT2D eigenvalue weighted by atomic mass is 19.1. The summed E-state index contributed by atoms with van der Waals surface area (Å²) in [7, 11) is 1.82. The van der Waals surface area contributed by atoms with Crippen LogP contribution < -0.4 is 15.4 Å². The normalized spacial score (nSPS) is 16.7. The minimum atomic E-state index is -0.441. The van der Waals surface area contributed by atoms with Gasteiger partial charge in [0, 0.05) is 12.1 Å². The monoisotopic (exact) mass is 294 g/mol. The van der Waals surface area contributed by atoms with E-state index < -0.39 is 5.82 Å². The Morgan fingerprint density at radius 2 is 2.14 bits per heavy atom. The van der Waals surface area contributed by atoms with E-state index in [4.69, 9.17) is 4.74 Å². The van der Waals surface area contributed by atoms with Crippen LogP contribution in [0.25, 0.3) is 0 Å². The van der Waals surface area contributed by atoms with E-state index in [-0.39, 0.29) is 30.3 Å². The molecule has 0 radical (unpaired) electrons.